The lowest BCUT2D eigenvalue weighted by molar-refractivity contribution is -0.156. The molecule has 1 fully saturated rings. The van der Waals surface area contributed by atoms with Crippen LogP contribution in [0.3, 0.4) is 0 Å². The van der Waals surface area contributed by atoms with Gasteiger partial charge < -0.3 is 9.16 Å². The maximum atomic E-state index is 14.0. The Morgan fingerprint density at radius 1 is 0.892 bits per heavy atom. The van der Waals surface area contributed by atoms with Gasteiger partial charge in [0.25, 0.3) is 10.0 Å². The standard InChI is InChI=1S/C44H51F3N4O5S2Si.C2HF3O/c1-42(2,3)55-41(52)51-35(21-24-38(51)39(32-10-9-25-48-27-32)56-59(7,8)43(4,5)6)26-29-11-19-34(20-12-29)50-58(53,54)36-22-15-31(16-23-36)40-49-37(28-57-40)30-13-17-33(18-14-30)44(45,46)47;3-2(4,5)1-6/h9-20,22-23,25,27-28,35,38-39,50H,21,24,26H2,1-8H3;1H/t35-,38+,39+;/m0./s1. The monoisotopic (exact) mass is 962 g/mol. The summed E-state index contributed by atoms with van der Waals surface area (Å²) < 4.78 is 113. The molecule has 6 rings (SSSR count). The molecule has 19 heteroatoms. The van der Waals surface area contributed by atoms with Crippen molar-refractivity contribution in [3.8, 4) is 21.8 Å². The summed E-state index contributed by atoms with van der Waals surface area (Å²) in [6, 6.07) is 21.6. The molecule has 0 spiro atoms. The maximum absolute atomic E-state index is 14.0. The topological polar surface area (TPSA) is 128 Å². The molecule has 0 bridgehead atoms. The van der Waals surface area contributed by atoms with Crippen molar-refractivity contribution < 1.29 is 53.5 Å². The molecule has 0 aliphatic carbocycles. The van der Waals surface area contributed by atoms with Gasteiger partial charge in [-0.2, -0.15) is 26.3 Å². The molecular weight excluding hydrogens is 911 g/mol. The first-order valence-corrected chi connectivity index (χ1v) is 25.8. The molecule has 2 aromatic heterocycles. The number of nitrogens with one attached hydrogen (secondary N) is 1. The number of carbonyl (C=O) groups excluding carboxylic acids is 2. The summed E-state index contributed by atoms with van der Waals surface area (Å²) in [6.07, 6.45) is -5.42. The van der Waals surface area contributed by atoms with Crippen molar-refractivity contribution in [3.63, 3.8) is 0 Å². The average molecular weight is 963 g/mol. The van der Waals surface area contributed by atoms with Crippen molar-refractivity contribution in [1.82, 2.24) is 14.9 Å². The molecule has 0 radical (unpaired) electrons. The van der Waals surface area contributed by atoms with Crippen molar-refractivity contribution in [2.75, 3.05) is 4.72 Å². The summed E-state index contributed by atoms with van der Waals surface area (Å²) in [5.41, 5.74) is 2.52. The number of halogens is 6. The van der Waals surface area contributed by atoms with Crippen LogP contribution in [0.5, 0.6) is 0 Å². The van der Waals surface area contributed by atoms with Crippen LogP contribution in [-0.2, 0) is 36.6 Å². The molecule has 1 aliphatic heterocycles. The van der Waals surface area contributed by atoms with E-state index in [2.05, 4.69) is 48.6 Å². The normalized spacial score (nSPS) is 16.6. The fourth-order valence-corrected chi connectivity index (χ4v) is 9.93. The van der Waals surface area contributed by atoms with Gasteiger partial charge in [-0.3, -0.25) is 19.4 Å². The molecule has 5 aromatic rings. The molecule has 1 amide bonds. The number of aldehydes is 1. The highest BCUT2D eigenvalue weighted by molar-refractivity contribution is 7.92. The number of aromatic nitrogens is 2. The quantitative estimate of drug-likeness (QED) is 0.0787. The number of carbonyl (C=O) groups is 2. The van der Waals surface area contributed by atoms with E-state index in [4.69, 9.17) is 14.0 Å². The Morgan fingerprint density at radius 2 is 1.49 bits per heavy atom. The van der Waals surface area contributed by atoms with E-state index in [1.807, 2.05) is 56.1 Å². The van der Waals surface area contributed by atoms with E-state index in [0.29, 0.717) is 40.4 Å². The highest BCUT2D eigenvalue weighted by Crippen LogP contribution is 2.44. The van der Waals surface area contributed by atoms with Crippen molar-refractivity contribution in [2.24, 2.45) is 0 Å². The number of rotatable bonds is 11. The van der Waals surface area contributed by atoms with E-state index in [9.17, 15) is 39.6 Å². The van der Waals surface area contributed by atoms with Crippen molar-refractivity contribution in [3.05, 3.63) is 119 Å². The summed E-state index contributed by atoms with van der Waals surface area (Å²) in [4.78, 5) is 33.6. The fraction of sp³-hybridized carbons (Fsp3) is 0.391. The molecule has 10 nitrogen and oxygen atoms in total. The summed E-state index contributed by atoms with van der Waals surface area (Å²) in [5, 5.41) is 2.28. The lowest BCUT2D eigenvalue weighted by Crippen LogP contribution is -2.50. The Hall–Kier alpha value is -5.11. The minimum atomic E-state index is -4.64. The number of likely N-dealkylation sites (tertiary alicyclic amines) is 1. The van der Waals surface area contributed by atoms with E-state index < -0.39 is 60.3 Å². The highest BCUT2D eigenvalue weighted by Gasteiger charge is 2.48. The first kappa shape index (κ1) is 50.9. The lowest BCUT2D eigenvalue weighted by Gasteiger charge is -2.43. The van der Waals surface area contributed by atoms with Gasteiger partial charge in [0.2, 0.25) is 6.29 Å². The third kappa shape index (κ3) is 13.7. The smallest absolute Gasteiger partial charge is 0.444 e. The van der Waals surface area contributed by atoms with E-state index in [1.54, 1.807) is 35.8 Å². The third-order valence-electron chi connectivity index (χ3n) is 11.0. The molecule has 350 valence electrons. The molecule has 3 heterocycles. The predicted molar refractivity (Wildman–Crippen MR) is 241 cm³/mol. The van der Waals surface area contributed by atoms with E-state index >= 15 is 0 Å². The molecule has 0 unspecified atom stereocenters. The molecule has 1 aliphatic rings. The zero-order valence-corrected chi connectivity index (χ0v) is 39.8. The van der Waals surface area contributed by atoms with Crippen LogP contribution in [0.1, 0.15) is 77.2 Å². The minimum absolute atomic E-state index is 0.0536. The Bertz CT molecular complexity index is 2490. The van der Waals surface area contributed by atoms with Crippen LogP contribution < -0.4 is 4.72 Å². The zero-order valence-electron chi connectivity index (χ0n) is 37.1. The van der Waals surface area contributed by atoms with E-state index in [0.717, 1.165) is 29.7 Å². The SMILES string of the molecule is CC(C)(C)OC(=O)N1[C@H](Cc2ccc(NS(=O)(=O)c3ccc(-c4nc(-c5ccc(C(F)(F)F)cc5)cs4)cc3)cc2)CC[C@@H]1[C@H](O[Si](C)(C)C(C)(C)C)c1cccnc1.O=CC(F)(F)F. The Morgan fingerprint density at radius 3 is 2.02 bits per heavy atom. The van der Waals surface area contributed by atoms with Crippen molar-refractivity contribution in [1.29, 1.82) is 0 Å². The van der Waals surface area contributed by atoms with Crippen molar-refractivity contribution >= 4 is 47.7 Å². The Labute approximate surface area is 380 Å². The number of alkyl halides is 6. The van der Waals surface area contributed by atoms with Crippen LogP contribution >= 0.6 is 11.3 Å². The maximum Gasteiger partial charge on any atom is 0.446 e. The Kier molecular flexibility index (Phi) is 15.5. The minimum Gasteiger partial charge on any atom is -0.444 e. The predicted octanol–water partition coefficient (Wildman–Crippen LogP) is 12.5. The molecule has 1 saturated heterocycles. The number of pyridine rings is 1. The number of sulfonamides is 1. The molecule has 65 heavy (non-hydrogen) atoms. The van der Waals surface area contributed by atoms with Gasteiger partial charge in [-0.05, 0) is 112 Å². The van der Waals surface area contributed by atoms with Crippen LogP contribution in [0.15, 0.2) is 108 Å². The average Bonchev–Trinajstić information content (AvgIpc) is 3.88. The second-order valence-corrected chi connectivity index (χ2v) is 25.4. The summed E-state index contributed by atoms with van der Waals surface area (Å²) in [7, 11) is -6.26. The summed E-state index contributed by atoms with van der Waals surface area (Å²) in [6.45, 7) is 16.6. The van der Waals surface area contributed by atoms with Crippen LogP contribution in [0.4, 0.5) is 36.8 Å². The van der Waals surface area contributed by atoms with Gasteiger partial charge in [-0.1, -0.05) is 63.2 Å². The molecule has 3 aromatic carbocycles. The van der Waals surface area contributed by atoms with Gasteiger partial charge >= 0.3 is 18.4 Å². The molecule has 0 saturated carbocycles. The van der Waals surface area contributed by atoms with Crippen LogP contribution in [0.25, 0.3) is 21.8 Å². The first-order valence-electron chi connectivity index (χ1n) is 20.5. The number of amides is 1. The lowest BCUT2D eigenvalue weighted by atomic mass is 10.0. The molecule has 3 atom stereocenters. The fourth-order valence-electron chi connectivity index (χ4n) is 6.76. The van der Waals surface area contributed by atoms with Gasteiger partial charge in [0.15, 0.2) is 8.32 Å². The number of anilines is 1. The van der Waals surface area contributed by atoms with Crippen LogP contribution in [0, 0.1) is 0 Å². The Balaban J connectivity index is 0.00000124. The first-order chi connectivity index (χ1) is 30.1. The largest absolute Gasteiger partial charge is 0.446 e. The van der Waals surface area contributed by atoms with E-state index in [-0.39, 0.29) is 22.0 Å². The number of hydrogen-bond donors (Lipinski definition) is 1. The van der Waals surface area contributed by atoms with Crippen molar-refractivity contribution in [2.45, 2.75) is 120 Å². The van der Waals surface area contributed by atoms with E-state index in [1.165, 1.54) is 35.6 Å². The molecule has 1 N–H and O–H groups in total. The van der Waals surface area contributed by atoms with Crippen LogP contribution in [-0.4, -0.2) is 67.8 Å². The summed E-state index contributed by atoms with van der Waals surface area (Å²) in [5.74, 6) is 0. The molecular formula is C46H52F6N4O6S2Si. The number of benzene rings is 3. The van der Waals surface area contributed by atoms with Gasteiger partial charge in [0, 0.05) is 40.6 Å². The number of nitrogens with zero attached hydrogens (tertiary/aromatic N) is 3. The zero-order chi connectivity index (χ0) is 48.2. The van der Waals surface area contributed by atoms with Crippen LogP contribution in [0.2, 0.25) is 18.1 Å². The number of hydrogen-bond acceptors (Lipinski definition) is 9. The second kappa shape index (κ2) is 19.8. The summed E-state index contributed by atoms with van der Waals surface area (Å²) >= 11 is 1.31. The second-order valence-electron chi connectivity index (χ2n) is 18.1. The van der Waals surface area contributed by atoms with Gasteiger partial charge in [0.1, 0.15) is 10.6 Å². The number of thiazole rings is 1. The van der Waals surface area contributed by atoms with Gasteiger partial charge in [0.05, 0.1) is 28.3 Å². The number of ether oxygens (including phenoxy) is 1. The third-order valence-corrected chi connectivity index (χ3v) is 17.7. The highest BCUT2D eigenvalue weighted by atomic mass is 32.2. The van der Waals surface area contributed by atoms with Gasteiger partial charge in [-0.25, -0.2) is 18.2 Å². The van der Waals surface area contributed by atoms with Gasteiger partial charge in [-0.15, -0.1) is 11.3 Å².